The first-order valence-electron chi connectivity index (χ1n) is 4.73. The fourth-order valence-electron chi connectivity index (χ4n) is 1.44. The van der Waals surface area contributed by atoms with E-state index in [0.717, 1.165) is 12.8 Å². The van der Waals surface area contributed by atoms with Gasteiger partial charge in [-0.2, -0.15) is 0 Å². The molecule has 0 aliphatic heterocycles. The molecule has 1 unspecified atom stereocenters. The van der Waals surface area contributed by atoms with Crippen LogP contribution in [-0.2, 0) is 4.79 Å². The summed E-state index contributed by atoms with van der Waals surface area (Å²) in [6, 6.07) is 0.522. The average Bonchev–Trinajstić information content (AvgIpc) is 2.78. The highest BCUT2D eigenvalue weighted by molar-refractivity contribution is 5.66. The summed E-state index contributed by atoms with van der Waals surface area (Å²) in [6.07, 6.45) is 2.09. The number of hydrogen-bond acceptors (Lipinski definition) is 3. The van der Waals surface area contributed by atoms with Gasteiger partial charge < -0.3 is 10.2 Å². The summed E-state index contributed by atoms with van der Waals surface area (Å²) >= 11 is 0. The number of carbonyl (C=O) groups is 1. The quantitative estimate of drug-likeness (QED) is 0.628. The second-order valence-electron chi connectivity index (χ2n) is 3.72. The van der Waals surface area contributed by atoms with E-state index < -0.39 is 5.97 Å². The maximum absolute atomic E-state index is 10.3. The molecule has 0 spiro atoms. The molecule has 0 aromatic rings. The van der Waals surface area contributed by atoms with E-state index in [2.05, 4.69) is 4.90 Å². The van der Waals surface area contributed by atoms with E-state index in [1.807, 2.05) is 0 Å². The van der Waals surface area contributed by atoms with Crippen LogP contribution in [0.4, 0.5) is 0 Å². The number of carboxylic acids is 1. The Morgan fingerprint density at radius 2 is 2.23 bits per heavy atom. The molecule has 0 aromatic carbocycles. The van der Waals surface area contributed by atoms with Crippen molar-refractivity contribution in [3.63, 3.8) is 0 Å². The second kappa shape index (κ2) is 4.58. The Balaban J connectivity index is 2.25. The third-order valence-electron chi connectivity index (χ3n) is 2.17. The Morgan fingerprint density at radius 3 is 2.62 bits per heavy atom. The van der Waals surface area contributed by atoms with E-state index in [1.54, 1.807) is 6.92 Å². The van der Waals surface area contributed by atoms with Gasteiger partial charge in [0.15, 0.2) is 0 Å². The number of rotatable bonds is 6. The number of aliphatic carboxylic acids is 1. The predicted octanol–water partition coefficient (Wildman–Crippen LogP) is 0.306. The van der Waals surface area contributed by atoms with Crippen LogP contribution < -0.4 is 0 Å². The Morgan fingerprint density at radius 1 is 1.62 bits per heavy atom. The minimum absolute atomic E-state index is 0.170. The van der Waals surface area contributed by atoms with E-state index in [0.29, 0.717) is 19.1 Å². The zero-order chi connectivity index (χ0) is 9.84. The summed E-state index contributed by atoms with van der Waals surface area (Å²) in [5, 5.41) is 17.7. The molecule has 1 fully saturated rings. The average molecular weight is 187 g/mol. The molecule has 76 valence electrons. The fraction of sp³-hybridized carbons (Fsp3) is 0.889. The maximum atomic E-state index is 10.3. The number of aliphatic hydroxyl groups excluding tert-OH is 1. The molecule has 1 atom stereocenters. The number of hydrogen-bond donors (Lipinski definition) is 2. The van der Waals surface area contributed by atoms with Crippen LogP contribution in [0, 0.1) is 0 Å². The summed E-state index contributed by atoms with van der Waals surface area (Å²) < 4.78 is 0. The van der Waals surface area contributed by atoms with Crippen LogP contribution in [0.5, 0.6) is 0 Å². The van der Waals surface area contributed by atoms with Gasteiger partial charge in [0.1, 0.15) is 0 Å². The van der Waals surface area contributed by atoms with Gasteiger partial charge >= 0.3 is 5.97 Å². The Bertz CT molecular complexity index is 178. The first-order chi connectivity index (χ1) is 6.09. The van der Waals surface area contributed by atoms with Crippen molar-refractivity contribution in [2.45, 2.75) is 38.3 Å². The molecule has 0 saturated heterocycles. The van der Waals surface area contributed by atoms with Crippen LogP contribution in [0.3, 0.4) is 0 Å². The summed E-state index contributed by atoms with van der Waals surface area (Å²) in [6.45, 7) is 2.89. The van der Waals surface area contributed by atoms with Crippen LogP contribution in [0.25, 0.3) is 0 Å². The topological polar surface area (TPSA) is 60.8 Å². The highest BCUT2D eigenvalue weighted by atomic mass is 16.4. The lowest BCUT2D eigenvalue weighted by molar-refractivity contribution is -0.137. The lowest BCUT2D eigenvalue weighted by Gasteiger charge is -2.22. The van der Waals surface area contributed by atoms with Crippen molar-refractivity contribution in [2.75, 3.05) is 13.1 Å². The van der Waals surface area contributed by atoms with Crippen molar-refractivity contribution in [1.29, 1.82) is 0 Å². The number of aliphatic hydroxyl groups is 1. The smallest absolute Gasteiger partial charge is 0.304 e. The zero-order valence-corrected chi connectivity index (χ0v) is 7.94. The lowest BCUT2D eigenvalue weighted by atomic mass is 10.3. The minimum atomic E-state index is -0.767. The van der Waals surface area contributed by atoms with Gasteiger partial charge in [-0.15, -0.1) is 0 Å². The van der Waals surface area contributed by atoms with Gasteiger partial charge in [-0.1, -0.05) is 0 Å². The lowest BCUT2D eigenvalue weighted by Crippen LogP contribution is -2.34. The van der Waals surface area contributed by atoms with Crippen molar-refractivity contribution < 1.29 is 15.0 Å². The third kappa shape index (κ3) is 4.24. The Labute approximate surface area is 78.2 Å². The van der Waals surface area contributed by atoms with E-state index in [-0.39, 0.29) is 12.5 Å². The summed E-state index contributed by atoms with van der Waals surface area (Å²) in [7, 11) is 0. The number of carboxylic acid groups (broad SMARTS) is 1. The summed E-state index contributed by atoms with van der Waals surface area (Å²) in [5.41, 5.74) is 0. The normalized spacial score (nSPS) is 19.0. The van der Waals surface area contributed by atoms with Gasteiger partial charge in [0.25, 0.3) is 0 Å². The van der Waals surface area contributed by atoms with E-state index >= 15 is 0 Å². The van der Waals surface area contributed by atoms with Crippen LogP contribution in [0.15, 0.2) is 0 Å². The molecule has 13 heavy (non-hydrogen) atoms. The number of nitrogens with zero attached hydrogens (tertiary/aromatic N) is 1. The van der Waals surface area contributed by atoms with Crippen LogP contribution in [-0.4, -0.2) is 46.3 Å². The van der Waals surface area contributed by atoms with E-state index in [9.17, 15) is 9.90 Å². The molecule has 0 bridgehead atoms. The van der Waals surface area contributed by atoms with Crippen molar-refractivity contribution in [3.8, 4) is 0 Å². The van der Waals surface area contributed by atoms with Gasteiger partial charge in [0, 0.05) is 19.1 Å². The fourth-order valence-corrected chi connectivity index (χ4v) is 1.44. The Kier molecular flexibility index (Phi) is 3.69. The first-order valence-corrected chi connectivity index (χ1v) is 4.73. The zero-order valence-electron chi connectivity index (χ0n) is 7.94. The molecule has 1 saturated carbocycles. The molecular weight excluding hydrogens is 170 g/mol. The van der Waals surface area contributed by atoms with Gasteiger partial charge in [0.05, 0.1) is 12.5 Å². The summed E-state index contributed by atoms with van der Waals surface area (Å²) in [4.78, 5) is 12.4. The van der Waals surface area contributed by atoms with Gasteiger partial charge in [0.2, 0.25) is 0 Å². The minimum Gasteiger partial charge on any atom is -0.481 e. The Hall–Kier alpha value is -0.610. The SMILES string of the molecule is CC(O)CN(CCC(=O)O)C1CC1. The second-order valence-corrected chi connectivity index (χ2v) is 3.72. The van der Waals surface area contributed by atoms with Crippen LogP contribution in [0.1, 0.15) is 26.2 Å². The molecule has 1 aliphatic rings. The highest BCUT2D eigenvalue weighted by Gasteiger charge is 2.29. The molecule has 1 rings (SSSR count). The molecule has 0 radical (unpaired) electrons. The maximum Gasteiger partial charge on any atom is 0.304 e. The molecule has 4 nitrogen and oxygen atoms in total. The van der Waals surface area contributed by atoms with Crippen LogP contribution in [0.2, 0.25) is 0 Å². The first kappa shape index (κ1) is 10.5. The molecule has 0 aromatic heterocycles. The molecule has 2 N–H and O–H groups in total. The molecular formula is C9H17NO3. The van der Waals surface area contributed by atoms with Crippen molar-refractivity contribution in [2.24, 2.45) is 0 Å². The van der Waals surface area contributed by atoms with E-state index in [4.69, 9.17) is 5.11 Å². The van der Waals surface area contributed by atoms with Gasteiger partial charge in [-0.05, 0) is 19.8 Å². The summed E-state index contributed by atoms with van der Waals surface area (Å²) in [5.74, 6) is -0.767. The largest absolute Gasteiger partial charge is 0.481 e. The molecule has 0 heterocycles. The van der Waals surface area contributed by atoms with Crippen LogP contribution >= 0.6 is 0 Å². The van der Waals surface area contributed by atoms with E-state index in [1.165, 1.54) is 0 Å². The van der Waals surface area contributed by atoms with Gasteiger partial charge in [-0.3, -0.25) is 9.69 Å². The predicted molar refractivity (Wildman–Crippen MR) is 48.5 cm³/mol. The van der Waals surface area contributed by atoms with Crippen molar-refractivity contribution in [3.05, 3.63) is 0 Å². The monoisotopic (exact) mass is 187 g/mol. The highest BCUT2D eigenvalue weighted by Crippen LogP contribution is 2.26. The van der Waals surface area contributed by atoms with Crippen molar-refractivity contribution >= 4 is 5.97 Å². The standard InChI is InChI=1S/C9H17NO3/c1-7(11)6-10(8-2-3-8)5-4-9(12)13/h7-8,11H,2-6H2,1H3,(H,12,13). The molecule has 0 amide bonds. The molecule has 1 aliphatic carbocycles. The third-order valence-corrected chi connectivity index (χ3v) is 2.17. The molecule has 4 heteroatoms. The van der Waals surface area contributed by atoms with Crippen molar-refractivity contribution in [1.82, 2.24) is 4.90 Å². The van der Waals surface area contributed by atoms with Gasteiger partial charge in [-0.25, -0.2) is 0 Å².